The molecule has 3 aliphatic rings. The lowest BCUT2D eigenvalue weighted by Crippen LogP contribution is -2.44. The number of thiazole rings is 1. The highest BCUT2D eigenvalue weighted by Gasteiger charge is 2.45. The van der Waals surface area contributed by atoms with Crippen molar-refractivity contribution in [3.05, 3.63) is 15.6 Å². The van der Waals surface area contributed by atoms with E-state index < -0.39 is 0 Å². The molecule has 4 rings (SSSR count). The second-order valence-electron chi connectivity index (χ2n) is 6.07. The number of nitrogens with zero attached hydrogens (tertiary/aromatic N) is 1. The second kappa shape index (κ2) is 4.22. The average Bonchev–Trinajstić information content (AvgIpc) is 2.75. The van der Waals surface area contributed by atoms with E-state index in [1.165, 1.54) is 55.0 Å². The van der Waals surface area contributed by atoms with Crippen molar-refractivity contribution in [3.63, 3.8) is 0 Å². The maximum Gasteiger partial charge on any atom is 0.114 e. The Kier molecular flexibility index (Phi) is 2.75. The fourth-order valence-electron chi connectivity index (χ4n) is 3.22. The molecule has 0 bridgehead atoms. The molecule has 2 fully saturated rings. The van der Waals surface area contributed by atoms with Gasteiger partial charge in [-0.05, 0) is 38.5 Å². The van der Waals surface area contributed by atoms with Crippen LogP contribution in [0.25, 0.3) is 0 Å². The summed E-state index contributed by atoms with van der Waals surface area (Å²) in [6.07, 6.45) is 7.81. The number of thioether (sulfide) groups is 1. The van der Waals surface area contributed by atoms with Crippen LogP contribution < -0.4 is 5.32 Å². The van der Waals surface area contributed by atoms with Gasteiger partial charge in [-0.3, -0.25) is 0 Å². The molecule has 0 amide bonds. The molecule has 2 unspecified atom stereocenters. The van der Waals surface area contributed by atoms with Crippen LogP contribution in [-0.4, -0.2) is 22.0 Å². The SMILES string of the molecule is CC1CC(NC2CC2)(c2nc3c(s2)CCC3)CS1. The number of nitrogens with one attached hydrogen (secondary N) is 1. The van der Waals surface area contributed by atoms with Crippen molar-refractivity contribution in [2.75, 3.05) is 5.75 Å². The lowest BCUT2D eigenvalue weighted by molar-refractivity contribution is 0.357. The van der Waals surface area contributed by atoms with Crippen LogP contribution in [0.3, 0.4) is 0 Å². The second-order valence-corrected chi connectivity index (χ2v) is 8.58. The van der Waals surface area contributed by atoms with Crippen LogP contribution in [0.4, 0.5) is 0 Å². The third-order valence-electron chi connectivity index (χ3n) is 4.31. The Morgan fingerprint density at radius 2 is 2.22 bits per heavy atom. The Balaban J connectivity index is 1.67. The largest absolute Gasteiger partial charge is 0.302 e. The van der Waals surface area contributed by atoms with Crippen LogP contribution in [0.15, 0.2) is 0 Å². The van der Waals surface area contributed by atoms with Gasteiger partial charge in [0.25, 0.3) is 0 Å². The van der Waals surface area contributed by atoms with E-state index in [4.69, 9.17) is 4.98 Å². The summed E-state index contributed by atoms with van der Waals surface area (Å²) >= 11 is 4.12. The lowest BCUT2D eigenvalue weighted by Gasteiger charge is -2.28. The molecule has 2 heterocycles. The molecule has 0 radical (unpaired) electrons. The Bertz CT molecular complexity index is 445. The zero-order valence-electron chi connectivity index (χ0n) is 10.9. The summed E-state index contributed by atoms with van der Waals surface area (Å²) in [4.78, 5) is 6.58. The number of hydrogen-bond donors (Lipinski definition) is 1. The van der Waals surface area contributed by atoms with Gasteiger partial charge >= 0.3 is 0 Å². The first-order valence-corrected chi connectivity index (χ1v) is 9.00. The predicted octanol–water partition coefficient (Wildman–Crippen LogP) is 3.10. The van der Waals surface area contributed by atoms with Gasteiger partial charge in [0, 0.05) is 21.9 Å². The molecule has 1 aromatic heterocycles. The van der Waals surface area contributed by atoms with Gasteiger partial charge in [0.05, 0.1) is 11.2 Å². The minimum absolute atomic E-state index is 0.209. The minimum atomic E-state index is 0.209. The number of fused-ring (bicyclic) bond motifs is 1. The number of aromatic nitrogens is 1. The molecular formula is C14H20N2S2. The van der Waals surface area contributed by atoms with Gasteiger partial charge in [0.15, 0.2) is 0 Å². The third kappa shape index (κ3) is 1.93. The normalized spacial score (nSPS) is 35.1. The summed E-state index contributed by atoms with van der Waals surface area (Å²) in [5, 5.41) is 6.10. The standard InChI is InChI=1S/C14H20N2S2/c1-9-7-14(8-17-9,16-10-5-6-10)13-15-11-3-2-4-12(11)18-13/h9-10,16H,2-8H2,1H3. The molecule has 0 spiro atoms. The first-order chi connectivity index (χ1) is 8.75. The Labute approximate surface area is 117 Å². The van der Waals surface area contributed by atoms with Gasteiger partial charge in [0.1, 0.15) is 5.01 Å². The van der Waals surface area contributed by atoms with E-state index in [0.29, 0.717) is 0 Å². The smallest absolute Gasteiger partial charge is 0.114 e. The first-order valence-electron chi connectivity index (χ1n) is 7.13. The molecule has 1 saturated heterocycles. The molecule has 2 nitrogen and oxygen atoms in total. The fourth-order valence-corrected chi connectivity index (χ4v) is 5.93. The summed E-state index contributed by atoms with van der Waals surface area (Å²) in [5.41, 5.74) is 1.62. The van der Waals surface area contributed by atoms with E-state index >= 15 is 0 Å². The molecule has 1 aliphatic heterocycles. The number of aryl methyl sites for hydroxylation is 2. The van der Waals surface area contributed by atoms with E-state index in [0.717, 1.165) is 11.3 Å². The summed E-state index contributed by atoms with van der Waals surface area (Å²) in [7, 11) is 0. The van der Waals surface area contributed by atoms with Crippen molar-refractivity contribution in [1.82, 2.24) is 10.3 Å². The maximum absolute atomic E-state index is 5.00. The quantitative estimate of drug-likeness (QED) is 0.921. The molecular weight excluding hydrogens is 260 g/mol. The Morgan fingerprint density at radius 1 is 1.33 bits per heavy atom. The van der Waals surface area contributed by atoms with Crippen molar-refractivity contribution < 1.29 is 0 Å². The third-order valence-corrected chi connectivity index (χ3v) is 7.07. The van der Waals surface area contributed by atoms with Crippen LogP contribution in [0.2, 0.25) is 0 Å². The van der Waals surface area contributed by atoms with Crippen molar-refractivity contribution in [3.8, 4) is 0 Å². The molecule has 2 aliphatic carbocycles. The van der Waals surface area contributed by atoms with Crippen molar-refractivity contribution in [1.29, 1.82) is 0 Å². The maximum atomic E-state index is 5.00. The zero-order valence-corrected chi connectivity index (χ0v) is 12.5. The molecule has 18 heavy (non-hydrogen) atoms. The van der Waals surface area contributed by atoms with Crippen molar-refractivity contribution in [2.45, 2.75) is 62.3 Å². The molecule has 1 aromatic rings. The number of hydrogen-bond acceptors (Lipinski definition) is 4. The molecule has 2 atom stereocenters. The molecule has 1 N–H and O–H groups in total. The van der Waals surface area contributed by atoms with Gasteiger partial charge < -0.3 is 5.32 Å². The monoisotopic (exact) mass is 280 g/mol. The molecule has 4 heteroatoms. The highest BCUT2D eigenvalue weighted by atomic mass is 32.2. The van der Waals surface area contributed by atoms with Gasteiger partial charge in [0.2, 0.25) is 0 Å². The van der Waals surface area contributed by atoms with Crippen LogP contribution in [0.1, 0.15) is 48.2 Å². The summed E-state index contributed by atoms with van der Waals surface area (Å²) < 4.78 is 0. The fraction of sp³-hybridized carbons (Fsp3) is 0.786. The zero-order chi connectivity index (χ0) is 12.2. The summed E-state index contributed by atoms with van der Waals surface area (Å²) in [6.45, 7) is 2.36. The first kappa shape index (κ1) is 11.7. The minimum Gasteiger partial charge on any atom is -0.302 e. The molecule has 98 valence electrons. The van der Waals surface area contributed by atoms with Gasteiger partial charge in [-0.1, -0.05) is 6.92 Å². The van der Waals surface area contributed by atoms with E-state index in [-0.39, 0.29) is 5.54 Å². The topological polar surface area (TPSA) is 24.9 Å². The van der Waals surface area contributed by atoms with E-state index in [9.17, 15) is 0 Å². The van der Waals surface area contributed by atoms with E-state index in [1.54, 1.807) is 4.88 Å². The van der Waals surface area contributed by atoms with Gasteiger partial charge in [-0.15, -0.1) is 11.3 Å². The molecule has 1 saturated carbocycles. The highest BCUT2D eigenvalue weighted by molar-refractivity contribution is 8.00. The van der Waals surface area contributed by atoms with E-state index in [1.807, 2.05) is 11.3 Å². The predicted molar refractivity (Wildman–Crippen MR) is 78.5 cm³/mol. The van der Waals surface area contributed by atoms with Crippen LogP contribution in [0.5, 0.6) is 0 Å². The Morgan fingerprint density at radius 3 is 2.89 bits per heavy atom. The van der Waals surface area contributed by atoms with Gasteiger partial charge in [-0.25, -0.2) is 4.98 Å². The van der Waals surface area contributed by atoms with Crippen LogP contribution >= 0.6 is 23.1 Å². The Hall–Kier alpha value is -0.0600. The van der Waals surface area contributed by atoms with Gasteiger partial charge in [-0.2, -0.15) is 11.8 Å². The lowest BCUT2D eigenvalue weighted by atomic mass is 9.96. The number of rotatable bonds is 3. The van der Waals surface area contributed by atoms with Crippen molar-refractivity contribution >= 4 is 23.1 Å². The highest BCUT2D eigenvalue weighted by Crippen LogP contribution is 2.46. The summed E-state index contributed by atoms with van der Waals surface area (Å²) in [5.74, 6) is 1.22. The van der Waals surface area contributed by atoms with Crippen LogP contribution in [-0.2, 0) is 18.4 Å². The van der Waals surface area contributed by atoms with Crippen LogP contribution in [0, 0.1) is 0 Å². The van der Waals surface area contributed by atoms with E-state index in [2.05, 4.69) is 24.0 Å². The average molecular weight is 280 g/mol. The summed E-state index contributed by atoms with van der Waals surface area (Å²) in [6, 6.07) is 0.773. The molecule has 0 aromatic carbocycles. The van der Waals surface area contributed by atoms with Crippen molar-refractivity contribution in [2.24, 2.45) is 0 Å².